The molecule has 1 aromatic heterocycles. The van der Waals surface area contributed by atoms with Crippen molar-refractivity contribution in [3.05, 3.63) is 30.0 Å². The molecule has 3 N–H and O–H groups in total. The normalized spacial score (nSPS) is 9.56. The van der Waals surface area contributed by atoms with Gasteiger partial charge < -0.3 is 10.7 Å². The number of aryl methyl sites for hydroxylation is 1. The van der Waals surface area contributed by atoms with E-state index in [2.05, 4.69) is 24.2 Å². The van der Waals surface area contributed by atoms with Gasteiger partial charge in [-0.05, 0) is 36.6 Å². The third kappa shape index (κ3) is 3.06. The van der Waals surface area contributed by atoms with Gasteiger partial charge in [0.2, 0.25) is 0 Å². The summed E-state index contributed by atoms with van der Waals surface area (Å²) in [4.78, 5) is 3.27. The average Bonchev–Trinajstić information content (AvgIpc) is 2.57. The maximum atomic E-state index is 5.77. The Labute approximate surface area is 108 Å². The van der Waals surface area contributed by atoms with Crippen molar-refractivity contribution in [3.63, 3.8) is 0 Å². The first-order chi connectivity index (χ1) is 6.81. The van der Waals surface area contributed by atoms with Gasteiger partial charge in [-0.25, -0.2) is 0 Å². The fraction of sp³-hybridized carbons (Fsp3) is 0.333. The Hall–Kier alpha value is -0.860. The second-order valence-electron chi connectivity index (χ2n) is 3.72. The van der Waals surface area contributed by atoms with Gasteiger partial charge in [0.05, 0.1) is 0 Å². The highest BCUT2D eigenvalue weighted by Gasteiger charge is 2.02. The van der Waals surface area contributed by atoms with Crippen LogP contribution in [0.4, 0.5) is 5.69 Å². The summed E-state index contributed by atoms with van der Waals surface area (Å²) >= 11 is 0. The smallest absolute Gasteiger partial charge is 0.0458 e. The van der Waals surface area contributed by atoms with E-state index in [1.54, 1.807) is 0 Å². The van der Waals surface area contributed by atoms with Crippen LogP contribution in [0, 0.1) is 0 Å². The number of rotatable bonds is 3. The summed E-state index contributed by atoms with van der Waals surface area (Å²) in [6.45, 7) is 2.21. The molecule has 2 aromatic rings. The summed E-state index contributed by atoms with van der Waals surface area (Å²) in [5, 5.41) is 1.28. The van der Waals surface area contributed by atoms with E-state index >= 15 is 0 Å². The third-order valence-corrected chi connectivity index (χ3v) is 2.59. The predicted molar refractivity (Wildman–Crippen MR) is 75.8 cm³/mol. The molecule has 0 saturated carbocycles. The second-order valence-corrected chi connectivity index (χ2v) is 3.72. The first kappa shape index (κ1) is 15.1. The minimum atomic E-state index is 0. The van der Waals surface area contributed by atoms with Crippen LogP contribution in [0.15, 0.2) is 24.4 Å². The van der Waals surface area contributed by atoms with Gasteiger partial charge in [0, 0.05) is 22.8 Å². The second kappa shape index (κ2) is 6.66. The summed E-state index contributed by atoms with van der Waals surface area (Å²) < 4.78 is 0. The standard InChI is InChI=1S/C12H16N2.2ClH/c1-2-3-4-9-8-14-12-6-5-10(13)7-11(9)12;;/h5-8,14H,2-4,13H2,1H3;2*1H. The molecule has 1 heterocycles. The van der Waals surface area contributed by atoms with Gasteiger partial charge in [0.15, 0.2) is 0 Å². The monoisotopic (exact) mass is 260 g/mol. The van der Waals surface area contributed by atoms with Crippen molar-refractivity contribution in [1.29, 1.82) is 0 Å². The van der Waals surface area contributed by atoms with Gasteiger partial charge in [-0.2, -0.15) is 0 Å². The molecule has 0 aliphatic rings. The van der Waals surface area contributed by atoms with E-state index < -0.39 is 0 Å². The number of fused-ring (bicyclic) bond motifs is 1. The van der Waals surface area contributed by atoms with Crippen LogP contribution in [-0.2, 0) is 6.42 Å². The highest BCUT2D eigenvalue weighted by atomic mass is 35.5. The molecule has 0 bridgehead atoms. The first-order valence-corrected chi connectivity index (χ1v) is 5.16. The third-order valence-electron chi connectivity index (χ3n) is 2.59. The summed E-state index contributed by atoms with van der Waals surface area (Å²) in [5.74, 6) is 0. The van der Waals surface area contributed by atoms with Crippen LogP contribution in [0.25, 0.3) is 10.9 Å². The lowest BCUT2D eigenvalue weighted by Crippen LogP contribution is -1.85. The highest BCUT2D eigenvalue weighted by Crippen LogP contribution is 2.22. The molecule has 0 spiro atoms. The molecule has 1 aromatic carbocycles. The van der Waals surface area contributed by atoms with Crippen LogP contribution < -0.4 is 5.73 Å². The summed E-state index contributed by atoms with van der Waals surface area (Å²) in [6, 6.07) is 6.03. The number of halogens is 2. The molecule has 16 heavy (non-hydrogen) atoms. The molecule has 2 rings (SSSR count). The van der Waals surface area contributed by atoms with Gasteiger partial charge in [-0.1, -0.05) is 13.3 Å². The van der Waals surface area contributed by atoms with Crippen LogP contribution in [0.2, 0.25) is 0 Å². The van der Waals surface area contributed by atoms with Crippen molar-refractivity contribution in [2.24, 2.45) is 0 Å². The molecular weight excluding hydrogens is 243 g/mol. The molecule has 0 amide bonds. The number of hydrogen-bond acceptors (Lipinski definition) is 1. The van der Waals surface area contributed by atoms with Gasteiger partial charge in [-0.3, -0.25) is 0 Å². The largest absolute Gasteiger partial charge is 0.399 e. The summed E-state index contributed by atoms with van der Waals surface area (Å²) in [5.41, 5.74) is 9.18. The molecule has 4 heteroatoms. The molecule has 2 nitrogen and oxygen atoms in total. The zero-order valence-electron chi connectivity index (χ0n) is 9.32. The number of nitrogens with two attached hydrogens (primary N) is 1. The lowest BCUT2D eigenvalue weighted by Gasteiger charge is -1.98. The van der Waals surface area contributed by atoms with Crippen LogP contribution in [0.1, 0.15) is 25.3 Å². The molecule has 0 saturated heterocycles. The van der Waals surface area contributed by atoms with Crippen LogP contribution in [0.5, 0.6) is 0 Å². The summed E-state index contributed by atoms with van der Waals surface area (Å²) in [6.07, 6.45) is 5.70. The maximum Gasteiger partial charge on any atom is 0.0458 e. The lowest BCUT2D eigenvalue weighted by atomic mass is 10.1. The Morgan fingerprint density at radius 2 is 2.00 bits per heavy atom. The average molecular weight is 261 g/mol. The number of benzene rings is 1. The molecule has 0 aliphatic heterocycles. The van der Waals surface area contributed by atoms with E-state index in [0.717, 1.165) is 12.1 Å². The van der Waals surface area contributed by atoms with E-state index in [-0.39, 0.29) is 24.8 Å². The van der Waals surface area contributed by atoms with E-state index in [1.165, 1.54) is 29.3 Å². The number of hydrogen-bond donors (Lipinski definition) is 2. The number of anilines is 1. The molecule has 90 valence electrons. The van der Waals surface area contributed by atoms with Crippen molar-refractivity contribution in [2.45, 2.75) is 26.2 Å². The minimum absolute atomic E-state index is 0. The Bertz CT molecular complexity index is 438. The number of nitrogen functional groups attached to an aromatic ring is 1. The zero-order valence-corrected chi connectivity index (χ0v) is 11.0. The van der Waals surface area contributed by atoms with Gasteiger partial charge in [-0.15, -0.1) is 24.8 Å². The highest BCUT2D eigenvalue weighted by molar-refractivity contribution is 5.86. The van der Waals surface area contributed by atoms with Crippen molar-refractivity contribution in [1.82, 2.24) is 4.98 Å². The fourth-order valence-electron chi connectivity index (χ4n) is 1.77. The Morgan fingerprint density at radius 3 is 2.69 bits per heavy atom. The van der Waals surface area contributed by atoms with Crippen molar-refractivity contribution in [3.8, 4) is 0 Å². The number of aromatic amines is 1. The van der Waals surface area contributed by atoms with Gasteiger partial charge >= 0.3 is 0 Å². The van der Waals surface area contributed by atoms with Gasteiger partial charge in [0.25, 0.3) is 0 Å². The Morgan fingerprint density at radius 1 is 1.25 bits per heavy atom. The van der Waals surface area contributed by atoms with Crippen LogP contribution >= 0.6 is 24.8 Å². The van der Waals surface area contributed by atoms with E-state index in [4.69, 9.17) is 5.73 Å². The number of nitrogens with one attached hydrogen (secondary N) is 1. The zero-order chi connectivity index (χ0) is 9.97. The van der Waals surface area contributed by atoms with E-state index in [0.29, 0.717) is 0 Å². The van der Waals surface area contributed by atoms with E-state index in [1.807, 2.05) is 12.1 Å². The topological polar surface area (TPSA) is 41.8 Å². The molecule has 0 fully saturated rings. The summed E-state index contributed by atoms with van der Waals surface area (Å²) in [7, 11) is 0. The molecular formula is C12H18Cl2N2. The predicted octanol–water partition coefficient (Wildman–Crippen LogP) is 3.94. The molecule has 0 unspecified atom stereocenters. The number of unbranched alkanes of at least 4 members (excludes halogenated alkanes) is 1. The Balaban J connectivity index is 0.00000112. The lowest BCUT2D eigenvalue weighted by molar-refractivity contribution is 0.799. The minimum Gasteiger partial charge on any atom is -0.399 e. The van der Waals surface area contributed by atoms with Crippen molar-refractivity contribution < 1.29 is 0 Å². The number of aromatic nitrogens is 1. The molecule has 0 radical (unpaired) electrons. The van der Waals surface area contributed by atoms with E-state index in [9.17, 15) is 0 Å². The van der Waals surface area contributed by atoms with Crippen LogP contribution in [-0.4, -0.2) is 4.98 Å². The van der Waals surface area contributed by atoms with Crippen molar-refractivity contribution >= 4 is 41.4 Å². The fourth-order valence-corrected chi connectivity index (χ4v) is 1.77. The maximum absolute atomic E-state index is 5.77. The van der Waals surface area contributed by atoms with Gasteiger partial charge in [0.1, 0.15) is 0 Å². The number of H-pyrrole nitrogens is 1. The Kier molecular flexibility index (Phi) is 6.31. The first-order valence-electron chi connectivity index (χ1n) is 5.16. The van der Waals surface area contributed by atoms with Crippen LogP contribution in [0.3, 0.4) is 0 Å². The quantitative estimate of drug-likeness (QED) is 0.807. The molecule has 0 aliphatic carbocycles. The molecule has 0 atom stereocenters. The van der Waals surface area contributed by atoms with Crippen molar-refractivity contribution in [2.75, 3.05) is 5.73 Å². The SMILES string of the molecule is CCCCc1c[nH]c2ccc(N)cc12.Cl.Cl.